The summed E-state index contributed by atoms with van der Waals surface area (Å²) in [6, 6.07) is 13.5. The minimum Gasteiger partial charge on any atom is -0.362 e. The van der Waals surface area contributed by atoms with Crippen molar-refractivity contribution in [2.24, 2.45) is 16.3 Å². The number of para-hydroxylation sites is 2. The predicted octanol–water partition coefficient (Wildman–Crippen LogP) is 6.65. The zero-order valence-corrected chi connectivity index (χ0v) is 17.9. The van der Waals surface area contributed by atoms with Crippen molar-refractivity contribution in [3.05, 3.63) is 58.1 Å². The van der Waals surface area contributed by atoms with Gasteiger partial charge in [-0.25, -0.2) is 0 Å². The molecule has 0 saturated heterocycles. The third-order valence-electron chi connectivity index (χ3n) is 5.75. The lowest BCUT2D eigenvalue weighted by molar-refractivity contribution is -0.124. The zero-order chi connectivity index (χ0) is 20.1. The van der Waals surface area contributed by atoms with Gasteiger partial charge in [-0.05, 0) is 48.6 Å². The highest BCUT2D eigenvalue weighted by atomic mass is 35.5. The lowest BCUT2D eigenvalue weighted by atomic mass is 9.68. The summed E-state index contributed by atoms with van der Waals surface area (Å²) in [6.07, 6.45) is 1.35. The van der Waals surface area contributed by atoms with E-state index in [1.54, 1.807) is 6.07 Å². The molecule has 0 spiro atoms. The molecule has 4 rings (SSSR count). The van der Waals surface area contributed by atoms with Crippen molar-refractivity contribution >= 4 is 46.1 Å². The number of hydrogen-bond acceptors (Lipinski definition) is 3. The maximum absolute atomic E-state index is 13.4. The average molecular weight is 415 g/mol. The van der Waals surface area contributed by atoms with Gasteiger partial charge in [0.25, 0.3) is 0 Å². The molecule has 1 aliphatic heterocycles. The number of fused-ring (bicyclic) bond motifs is 2. The standard InChI is InChI=1S/C23H24Cl2N2O/c1-4-27-19-8-6-5-7-17(19)26-18-12-23(2,3)13-20(28)21(18)22(27)15-10-9-14(24)11-16(15)25/h5-11,21-22H,4,12-13H2,1-3H3. The number of anilines is 1. The van der Waals surface area contributed by atoms with Crippen molar-refractivity contribution in [2.45, 2.75) is 39.7 Å². The Morgan fingerprint density at radius 1 is 1.14 bits per heavy atom. The molecular weight excluding hydrogens is 391 g/mol. The summed E-state index contributed by atoms with van der Waals surface area (Å²) in [7, 11) is 0. The van der Waals surface area contributed by atoms with Crippen molar-refractivity contribution in [1.29, 1.82) is 0 Å². The molecule has 146 valence electrons. The van der Waals surface area contributed by atoms with Gasteiger partial charge in [-0.1, -0.05) is 55.2 Å². The van der Waals surface area contributed by atoms with E-state index in [4.69, 9.17) is 28.2 Å². The Balaban J connectivity index is 1.97. The fraction of sp³-hybridized carbons (Fsp3) is 0.391. The first-order valence-electron chi connectivity index (χ1n) is 9.71. The molecule has 1 heterocycles. The molecule has 2 aliphatic rings. The number of carbonyl (C=O) groups is 1. The molecule has 0 radical (unpaired) electrons. The normalized spacial score (nSPS) is 23.5. The van der Waals surface area contributed by atoms with E-state index in [9.17, 15) is 4.79 Å². The number of halogens is 2. The molecule has 2 unspecified atom stereocenters. The number of ketones is 1. The van der Waals surface area contributed by atoms with Gasteiger partial charge in [-0.15, -0.1) is 0 Å². The highest BCUT2D eigenvalue weighted by molar-refractivity contribution is 6.35. The molecule has 0 bridgehead atoms. The van der Waals surface area contributed by atoms with Crippen LogP contribution in [0.5, 0.6) is 0 Å². The first-order chi connectivity index (χ1) is 13.3. The molecule has 3 nitrogen and oxygen atoms in total. The van der Waals surface area contributed by atoms with Gasteiger partial charge in [-0.2, -0.15) is 0 Å². The number of benzene rings is 2. The van der Waals surface area contributed by atoms with E-state index in [0.29, 0.717) is 16.5 Å². The van der Waals surface area contributed by atoms with Crippen LogP contribution in [0.1, 0.15) is 45.2 Å². The molecular formula is C23H24Cl2N2O. The van der Waals surface area contributed by atoms with Crippen molar-refractivity contribution < 1.29 is 4.79 Å². The van der Waals surface area contributed by atoms with Crippen LogP contribution in [0.2, 0.25) is 10.0 Å². The summed E-state index contributed by atoms with van der Waals surface area (Å²) in [4.78, 5) is 20.7. The van der Waals surface area contributed by atoms with E-state index in [1.165, 1.54) is 0 Å². The van der Waals surface area contributed by atoms with Crippen LogP contribution in [0.4, 0.5) is 11.4 Å². The van der Waals surface area contributed by atoms with Crippen LogP contribution < -0.4 is 4.90 Å². The molecule has 0 aromatic heterocycles. The lowest BCUT2D eigenvalue weighted by Gasteiger charge is -2.41. The summed E-state index contributed by atoms with van der Waals surface area (Å²) < 4.78 is 0. The molecule has 2 atom stereocenters. The van der Waals surface area contributed by atoms with E-state index in [0.717, 1.165) is 35.6 Å². The highest BCUT2D eigenvalue weighted by Crippen LogP contribution is 2.49. The van der Waals surface area contributed by atoms with Gasteiger partial charge < -0.3 is 4.90 Å². The molecule has 1 fully saturated rings. The van der Waals surface area contributed by atoms with Crippen LogP contribution in [-0.4, -0.2) is 18.0 Å². The summed E-state index contributed by atoms with van der Waals surface area (Å²) in [5.74, 6) is -0.0728. The van der Waals surface area contributed by atoms with E-state index in [2.05, 4.69) is 31.7 Å². The van der Waals surface area contributed by atoms with Crippen molar-refractivity contribution in [3.8, 4) is 0 Å². The second-order valence-corrected chi connectivity index (χ2v) is 9.29. The SMILES string of the molecule is CCN1c2ccccc2N=C2CC(C)(C)CC(=O)C2C1c1ccc(Cl)cc1Cl. The molecule has 5 heteroatoms. The Hall–Kier alpha value is -1.84. The fourth-order valence-electron chi connectivity index (χ4n) is 4.64. The molecule has 28 heavy (non-hydrogen) atoms. The number of rotatable bonds is 2. The zero-order valence-electron chi connectivity index (χ0n) is 16.4. The number of aliphatic imine (C=N–C) groups is 1. The molecule has 0 N–H and O–H groups in total. The summed E-state index contributed by atoms with van der Waals surface area (Å²) in [5.41, 5.74) is 3.75. The van der Waals surface area contributed by atoms with Crippen molar-refractivity contribution in [2.75, 3.05) is 11.4 Å². The van der Waals surface area contributed by atoms with Crippen molar-refractivity contribution in [3.63, 3.8) is 0 Å². The molecule has 1 aliphatic carbocycles. The summed E-state index contributed by atoms with van der Waals surface area (Å²) >= 11 is 12.8. The van der Waals surface area contributed by atoms with Crippen LogP contribution in [-0.2, 0) is 4.79 Å². The Morgan fingerprint density at radius 2 is 1.89 bits per heavy atom. The summed E-state index contributed by atoms with van der Waals surface area (Å²) in [6.45, 7) is 7.14. The van der Waals surface area contributed by atoms with Crippen LogP contribution in [0, 0.1) is 11.3 Å². The van der Waals surface area contributed by atoms with Crippen LogP contribution in [0.3, 0.4) is 0 Å². The lowest BCUT2D eigenvalue weighted by Crippen LogP contribution is -2.45. The van der Waals surface area contributed by atoms with E-state index < -0.39 is 0 Å². The maximum Gasteiger partial charge on any atom is 0.144 e. The number of Topliss-reactive ketones (excluding diaryl/α,β-unsaturated/α-hetero) is 1. The van der Waals surface area contributed by atoms with Gasteiger partial charge >= 0.3 is 0 Å². The quantitative estimate of drug-likeness (QED) is 0.550. The van der Waals surface area contributed by atoms with Crippen LogP contribution >= 0.6 is 23.2 Å². The number of hydrogen-bond donors (Lipinski definition) is 0. The second-order valence-electron chi connectivity index (χ2n) is 8.45. The third-order valence-corrected chi connectivity index (χ3v) is 6.31. The van der Waals surface area contributed by atoms with E-state index in [-0.39, 0.29) is 23.2 Å². The fourth-order valence-corrected chi connectivity index (χ4v) is 5.16. The Labute approximate surface area is 176 Å². The van der Waals surface area contributed by atoms with Crippen LogP contribution in [0.15, 0.2) is 47.5 Å². The highest BCUT2D eigenvalue weighted by Gasteiger charge is 2.46. The number of nitrogens with zero attached hydrogens (tertiary/aromatic N) is 2. The molecule has 2 aromatic rings. The largest absolute Gasteiger partial charge is 0.362 e. The maximum atomic E-state index is 13.4. The van der Waals surface area contributed by atoms with Gasteiger partial charge in [0.05, 0.1) is 23.3 Å². The van der Waals surface area contributed by atoms with Gasteiger partial charge in [0.15, 0.2) is 0 Å². The first-order valence-corrected chi connectivity index (χ1v) is 10.5. The summed E-state index contributed by atoms with van der Waals surface area (Å²) in [5, 5.41) is 1.18. The Morgan fingerprint density at radius 3 is 2.61 bits per heavy atom. The second kappa shape index (κ2) is 7.20. The topological polar surface area (TPSA) is 32.7 Å². The minimum atomic E-state index is -0.306. The monoisotopic (exact) mass is 414 g/mol. The van der Waals surface area contributed by atoms with Crippen molar-refractivity contribution in [1.82, 2.24) is 0 Å². The van der Waals surface area contributed by atoms with E-state index in [1.807, 2.05) is 30.3 Å². The van der Waals surface area contributed by atoms with Gasteiger partial charge in [0.1, 0.15) is 5.78 Å². The predicted molar refractivity (Wildman–Crippen MR) is 117 cm³/mol. The van der Waals surface area contributed by atoms with Gasteiger partial charge in [0.2, 0.25) is 0 Å². The van der Waals surface area contributed by atoms with Gasteiger partial charge in [0, 0.05) is 28.7 Å². The Kier molecular flexibility index (Phi) is 5.01. The molecule has 0 amide bonds. The van der Waals surface area contributed by atoms with Crippen LogP contribution in [0.25, 0.3) is 0 Å². The smallest absolute Gasteiger partial charge is 0.144 e. The minimum absolute atomic E-state index is 0.0862. The third kappa shape index (κ3) is 3.35. The first kappa shape index (κ1) is 19.5. The average Bonchev–Trinajstić information content (AvgIpc) is 2.74. The molecule has 1 saturated carbocycles. The number of carbonyl (C=O) groups excluding carboxylic acids is 1. The Bertz CT molecular complexity index is 967. The van der Waals surface area contributed by atoms with E-state index >= 15 is 0 Å². The van der Waals surface area contributed by atoms with Gasteiger partial charge in [-0.3, -0.25) is 9.79 Å². The molecule has 2 aromatic carbocycles.